The lowest BCUT2D eigenvalue weighted by Gasteiger charge is -2.53. The van der Waals surface area contributed by atoms with Gasteiger partial charge in [0.05, 0.1) is 11.1 Å². The number of piperidine rings is 1. The van der Waals surface area contributed by atoms with Gasteiger partial charge >= 0.3 is 0 Å². The zero-order valence-electron chi connectivity index (χ0n) is 16.0. The Morgan fingerprint density at radius 3 is 2.61 bits per heavy atom. The number of nitrogens with zero attached hydrogens (tertiary/aromatic N) is 3. The van der Waals surface area contributed by atoms with Crippen molar-refractivity contribution in [3.05, 3.63) is 54.6 Å². The third kappa shape index (κ3) is 3.47. The molecule has 2 fully saturated rings. The molecule has 2 aromatic rings. The van der Waals surface area contributed by atoms with E-state index in [0.29, 0.717) is 31.6 Å². The first kappa shape index (κ1) is 18.8. The molecule has 2 saturated heterocycles. The summed E-state index contributed by atoms with van der Waals surface area (Å²) < 4.78 is 6.13. The number of carbonyl (C=O) groups is 1. The van der Waals surface area contributed by atoms with Crippen molar-refractivity contribution in [3.8, 4) is 0 Å². The minimum atomic E-state index is -0.791. The third-order valence-corrected chi connectivity index (χ3v) is 6.05. The highest BCUT2D eigenvalue weighted by molar-refractivity contribution is 5.92. The number of aromatic nitrogens is 2. The van der Waals surface area contributed by atoms with Gasteiger partial charge in [-0.2, -0.15) is 0 Å². The summed E-state index contributed by atoms with van der Waals surface area (Å²) in [6, 6.07) is 9.21. The van der Waals surface area contributed by atoms with Gasteiger partial charge in [-0.25, -0.2) is 0 Å². The molecular weight excluding hydrogens is 356 g/mol. The highest BCUT2D eigenvalue weighted by atomic mass is 16.5. The van der Waals surface area contributed by atoms with Crippen LogP contribution in [0.2, 0.25) is 0 Å². The number of anilines is 1. The summed E-state index contributed by atoms with van der Waals surface area (Å²) in [7, 11) is 0. The maximum atomic E-state index is 12.6. The molecule has 7 heteroatoms. The summed E-state index contributed by atoms with van der Waals surface area (Å²) in [6.45, 7) is 3.97. The molecule has 0 saturated carbocycles. The molecule has 2 N–H and O–H groups in total. The van der Waals surface area contributed by atoms with Crippen molar-refractivity contribution in [1.29, 1.82) is 0 Å². The number of pyridine rings is 2. The Morgan fingerprint density at radius 2 is 1.93 bits per heavy atom. The average Bonchev–Trinajstić information content (AvgIpc) is 2.74. The zero-order valence-corrected chi connectivity index (χ0v) is 16.0. The van der Waals surface area contributed by atoms with Gasteiger partial charge in [-0.3, -0.25) is 14.8 Å². The second-order valence-corrected chi connectivity index (χ2v) is 7.84. The van der Waals surface area contributed by atoms with Gasteiger partial charge in [-0.1, -0.05) is 6.07 Å². The van der Waals surface area contributed by atoms with E-state index < -0.39 is 17.2 Å². The van der Waals surface area contributed by atoms with E-state index in [1.165, 1.54) is 0 Å². The number of amides is 1. The molecule has 2 atom stereocenters. The predicted molar refractivity (Wildman–Crippen MR) is 105 cm³/mol. The monoisotopic (exact) mass is 382 g/mol. The van der Waals surface area contributed by atoms with Gasteiger partial charge in [0, 0.05) is 44.0 Å². The average molecular weight is 382 g/mol. The number of aliphatic hydroxyl groups excluding tert-OH is 1. The molecule has 1 amide bonds. The Hall–Kier alpha value is -2.51. The van der Waals surface area contributed by atoms with E-state index in [-0.39, 0.29) is 5.91 Å². The molecule has 0 aliphatic carbocycles. The molecular formula is C21H26N4O3. The standard InChI is InChI=1S/C21H26N4O3/c1-20(24-18(26)17-4-2-3-10-23-17)9-15-28-21(19(20)27)7-13-25(14-8-21)16-5-11-22-12-6-16/h2-6,10-12,19,27H,7-9,13-15H2,1H3,(H,24,26)/t19-,20+/m1/s1. The Bertz CT molecular complexity index is 809. The summed E-state index contributed by atoms with van der Waals surface area (Å²) >= 11 is 0. The van der Waals surface area contributed by atoms with Crippen LogP contribution in [-0.2, 0) is 4.74 Å². The maximum Gasteiger partial charge on any atom is 0.270 e. The smallest absolute Gasteiger partial charge is 0.270 e. The van der Waals surface area contributed by atoms with Crippen LogP contribution in [0.25, 0.3) is 0 Å². The van der Waals surface area contributed by atoms with Gasteiger partial charge in [-0.15, -0.1) is 0 Å². The lowest BCUT2D eigenvalue weighted by molar-refractivity contribution is -0.195. The Morgan fingerprint density at radius 1 is 1.18 bits per heavy atom. The highest BCUT2D eigenvalue weighted by Crippen LogP contribution is 2.40. The van der Waals surface area contributed by atoms with E-state index >= 15 is 0 Å². The van der Waals surface area contributed by atoms with Crippen LogP contribution in [0.1, 0.15) is 36.7 Å². The number of aliphatic hydroxyl groups is 1. The van der Waals surface area contributed by atoms with E-state index in [4.69, 9.17) is 4.74 Å². The predicted octanol–water partition coefficient (Wildman–Crippen LogP) is 1.79. The molecule has 2 aliphatic rings. The normalized spacial score (nSPS) is 26.8. The van der Waals surface area contributed by atoms with E-state index in [0.717, 1.165) is 18.8 Å². The van der Waals surface area contributed by atoms with Crippen LogP contribution in [0, 0.1) is 0 Å². The molecule has 0 radical (unpaired) electrons. The lowest BCUT2D eigenvalue weighted by atomic mass is 9.73. The fourth-order valence-corrected chi connectivity index (χ4v) is 4.33. The first-order valence-electron chi connectivity index (χ1n) is 9.73. The Kier molecular flexibility index (Phi) is 5.03. The van der Waals surface area contributed by atoms with Crippen molar-refractivity contribution in [1.82, 2.24) is 15.3 Å². The second-order valence-electron chi connectivity index (χ2n) is 7.84. The molecule has 1 spiro atoms. The number of nitrogens with one attached hydrogen (secondary N) is 1. The van der Waals surface area contributed by atoms with Crippen molar-refractivity contribution < 1.29 is 14.6 Å². The van der Waals surface area contributed by atoms with Crippen LogP contribution in [-0.4, -0.2) is 57.9 Å². The maximum absolute atomic E-state index is 12.6. The number of carbonyl (C=O) groups excluding carboxylic acids is 1. The van der Waals surface area contributed by atoms with E-state index in [1.54, 1.807) is 36.8 Å². The van der Waals surface area contributed by atoms with Crippen LogP contribution >= 0.6 is 0 Å². The summed E-state index contributed by atoms with van der Waals surface area (Å²) in [4.78, 5) is 23.1. The molecule has 7 nitrogen and oxygen atoms in total. The molecule has 0 bridgehead atoms. The van der Waals surface area contributed by atoms with Crippen molar-refractivity contribution in [3.63, 3.8) is 0 Å². The highest BCUT2D eigenvalue weighted by Gasteiger charge is 2.53. The van der Waals surface area contributed by atoms with Crippen molar-refractivity contribution in [2.45, 2.75) is 43.4 Å². The Labute approximate surface area is 164 Å². The Balaban J connectivity index is 1.47. The van der Waals surface area contributed by atoms with Crippen molar-refractivity contribution in [2.24, 2.45) is 0 Å². The molecule has 4 rings (SSSR count). The van der Waals surface area contributed by atoms with E-state index in [2.05, 4.69) is 20.2 Å². The van der Waals surface area contributed by atoms with Crippen LogP contribution in [0.15, 0.2) is 48.9 Å². The minimum absolute atomic E-state index is 0.270. The van der Waals surface area contributed by atoms with E-state index in [1.807, 2.05) is 19.1 Å². The number of ether oxygens (including phenoxy) is 1. The quantitative estimate of drug-likeness (QED) is 0.842. The fraction of sp³-hybridized carbons (Fsp3) is 0.476. The van der Waals surface area contributed by atoms with E-state index in [9.17, 15) is 9.90 Å². The van der Waals surface area contributed by atoms with Gasteiger partial charge in [0.1, 0.15) is 11.8 Å². The van der Waals surface area contributed by atoms with Crippen LogP contribution in [0.3, 0.4) is 0 Å². The zero-order chi connectivity index (χ0) is 19.6. The van der Waals surface area contributed by atoms with Gasteiger partial charge in [0.15, 0.2) is 0 Å². The minimum Gasteiger partial charge on any atom is -0.388 e. The topological polar surface area (TPSA) is 87.6 Å². The second kappa shape index (κ2) is 7.48. The van der Waals surface area contributed by atoms with Crippen LogP contribution in [0.5, 0.6) is 0 Å². The summed E-state index contributed by atoms with van der Waals surface area (Å²) in [5.41, 5.74) is 0.0740. The lowest BCUT2D eigenvalue weighted by Crippen LogP contribution is -2.69. The third-order valence-electron chi connectivity index (χ3n) is 6.05. The van der Waals surface area contributed by atoms with Crippen LogP contribution < -0.4 is 10.2 Å². The summed E-state index contributed by atoms with van der Waals surface area (Å²) in [5.74, 6) is -0.270. The first-order chi connectivity index (χ1) is 13.5. The molecule has 2 aliphatic heterocycles. The molecule has 28 heavy (non-hydrogen) atoms. The largest absolute Gasteiger partial charge is 0.388 e. The molecule has 2 aromatic heterocycles. The van der Waals surface area contributed by atoms with Gasteiger partial charge < -0.3 is 20.1 Å². The molecule has 4 heterocycles. The van der Waals surface area contributed by atoms with Gasteiger partial charge in [0.25, 0.3) is 5.91 Å². The summed E-state index contributed by atoms with van der Waals surface area (Å²) in [5, 5.41) is 14.3. The van der Waals surface area contributed by atoms with Crippen molar-refractivity contribution in [2.75, 3.05) is 24.6 Å². The van der Waals surface area contributed by atoms with Crippen molar-refractivity contribution >= 4 is 11.6 Å². The number of hydrogen-bond donors (Lipinski definition) is 2. The number of hydrogen-bond acceptors (Lipinski definition) is 6. The molecule has 0 unspecified atom stereocenters. The van der Waals surface area contributed by atoms with Gasteiger partial charge in [-0.05, 0) is 50.5 Å². The first-order valence-corrected chi connectivity index (χ1v) is 9.73. The molecule has 0 aromatic carbocycles. The fourth-order valence-electron chi connectivity index (χ4n) is 4.33. The number of rotatable bonds is 3. The SMILES string of the molecule is C[C@]1(NC(=O)c2ccccn2)CCOC2(CCN(c3ccncc3)CC2)[C@@H]1O. The molecule has 148 valence electrons. The van der Waals surface area contributed by atoms with Gasteiger partial charge in [0.2, 0.25) is 0 Å². The van der Waals surface area contributed by atoms with Crippen LogP contribution in [0.4, 0.5) is 5.69 Å². The summed E-state index contributed by atoms with van der Waals surface area (Å²) in [6.07, 6.45) is 6.33.